The fourth-order valence-electron chi connectivity index (χ4n) is 4.10. The summed E-state index contributed by atoms with van der Waals surface area (Å²) < 4.78 is 17.2. The average molecular weight is 481 g/mol. The zero-order chi connectivity index (χ0) is 23.4. The molecule has 1 heterocycles. The number of hydrogen-bond donors (Lipinski definition) is 0. The number of nitrogens with zero attached hydrogens (tertiary/aromatic N) is 2. The van der Waals surface area contributed by atoms with Crippen LogP contribution in [0.25, 0.3) is 33.4 Å². The Labute approximate surface area is 203 Å². The lowest BCUT2D eigenvalue weighted by atomic mass is 9.93. The molecule has 0 saturated carbocycles. The first-order valence-corrected chi connectivity index (χ1v) is 12.4. The summed E-state index contributed by atoms with van der Waals surface area (Å²) >= 11 is 2.69. The number of rotatable bonds is 8. The van der Waals surface area contributed by atoms with Gasteiger partial charge in [-0.15, -0.1) is 0 Å². The van der Waals surface area contributed by atoms with Crippen LogP contribution in [0.4, 0.5) is 5.69 Å². The second kappa shape index (κ2) is 10.7. The first-order chi connectivity index (χ1) is 16.1. The van der Waals surface area contributed by atoms with E-state index in [2.05, 4.69) is 66.2 Å². The van der Waals surface area contributed by atoms with Gasteiger partial charge in [-0.05, 0) is 55.8 Å². The molecule has 0 fully saturated rings. The number of anilines is 1. The molecule has 0 spiro atoms. The third-order valence-corrected chi connectivity index (χ3v) is 6.95. The molecule has 1 aliphatic carbocycles. The normalized spacial score (nSPS) is 12.1. The third-order valence-electron chi connectivity index (χ3n) is 5.65. The summed E-state index contributed by atoms with van der Waals surface area (Å²) in [6.07, 6.45) is 0. The SMILES string of the molecule is CCN(CC)c1ccc2c(-c3ccc(SOC)cc3SOC)c3cc/c(=N/C)cc-3oc2c1. The summed E-state index contributed by atoms with van der Waals surface area (Å²) in [5, 5.41) is 1.94. The van der Waals surface area contributed by atoms with E-state index in [1.165, 1.54) is 24.1 Å². The molecule has 0 unspecified atom stereocenters. The van der Waals surface area contributed by atoms with Crippen molar-refractivity contribution in [2.45, 2.75) is 23.6 Å². The maximum Gasteiger partial charge on any atom is 0.137 e. The Morgan fingerprint density at radius 2 is 1.64 bits per heavy atom. The highest BCUT2D eigenvalue weighted by molar-refractivity contribution is 7.95. The monoisotopic (exact) mass is 480 g/mol. The highest BCUT2D eigenvalue weighted by Crippen LogP contribution is 2.45. The molecule has 2 aliphatic rings. The predicted octanol–water partition coefficient (Wildman–Crippen LogP) is 6.89. The maximum absolute atomic E-state index is 6.44. The van der Waals surface area contributed by atoms with Gasteiger partial charge >= 0.3 is 0 Å². The fraction of sp³-hybridized carbons (Fsp3) is 0.269. The van der Waals surface area contributed by atoms with Gasteiger partial charge in [0.2, 0.25) is 0 Å². The minimum atomic E-state index is 0.806. The van der Waals surface area contributed by atoms with Crippen molar-refractivity contribution in [2.24, 2.45) is 4.99 Å². The van der Waals surface area contributed by atoms with Crippen LogP contribution in [0.5, 0.6) is 0 Å². The van der Waals surface area contributed by atoms with Crippen molar-refractivity contribution in [3.05, 3.63) is 60.0 Å². The van der Waals surface area contributed by atoms with E-state index >= 15 is 0 Å². The van der Waals surface area contributed by atoms with Gasteiger partial charge in [0.05, 0.1) is 19.6 Å². The third kappa shape index (κ3) is 4.77. The lowest BCUT2D eigenvalue weighted by Gasteiger charge is -2.23. The first-order valence-electron chi connectivity index (χ1n) is 10.9. The second-order valence-electron chi connectivity index (χ2n) is 7.39. The van der Waals surface area contributed by atoms with Crippen LogP contribution in [0.3, 0.4) is 0 Å². The molecule has 0 bridgehead atoms. The van der Waals surface area contributed by atoms with E-state index in [4.69, 9.17) is 12.8 Å². The highest BCUT2D eigenvalue weighted by Gasteiger charge is 2.21. The summed E-state index contributed by atoms with van der Waals surface area (Å²) in [6, 6.07) is 18.9. The Hall–Kier alpha value is -2.45. The first kappa shape index (κ1) is 23.7. The van der Waals surface area contributed by atoms with Gasteiger partial charge in [-0.1, -0.05) is 6.07 Å². The molecule has 33 heavy (non-hydrogen) atoms. The molecule has 0 atom stereocenters. The van der Waals surface area contributed by atoms with Gasteiger partial charge < -0.3 is 17.7 Å². The van der Waals surface area contributed by atoms with Gasteiger partial charge in [0.25, 0.3) is 0 Å². The topological polar surface area (TPSA) is 47.2 Å². The maximum atomic E-state index is 6.44. The number of hydrogen-bond acceptors (Lipinski definition) is 7. The van der Waals surface area contributed by atoms with Crippen molar-refractivity contribution in [3.8, 4) is 22.5 Å². The van der Waals surface area contributed by atoms with E-state index in [-0.39, 0.29) is 0 Å². The molecular weight excluding hydrogens is 452 g/mol. The van der Waals surface area contributed by atoms with Crippen molar-refractivity contribution in [3.63, 3.8) is 0 Å². The molecule has 1 aliphatic heterocycles. The highest BCUT2D eigenvalue weighted by atomic mass is 32.2. The van der Waals surface area contributed by atoms with Crippen LogP contribution in [0.2, 0.25) is 0 Å². The zero-order valence-electron chi connectivity index (χ0n) is 19.5. The smallest absolute Gasteiger partial charge is 0.137 e. The van der Waals surface area contributed by atoms with Crippen LogP contribution in [0.1, 0.15) is 13.8 Å². The van der Waals surface area contributed by atoms with Crippen LogP contribution in [-0.2, 0) is 8.37 Å². The average Bonchev–Trinajstić information content (AvgIpc) is 2.84. The van der Waals surface area contributed by atoms with Crippen LogP contribution >= 0.6 is 24.1 Å². The molecule has 2 aromatic rings. The van der Waals surface area contributed by atoms with E-state index in [1.54, 1.807) is 21.3 Å². The van der Waals surface area contributed by atoms with Crippen LogP contribution < -0.4 is 10.3 Å². The summed E-state index contributed by atoms with van der Waals surface area (Å²) in [7, 11) is 5.15. The van der Waals surface area contributed by atoms with Crippen LogP contribution in [0, 0.1) is 0 Å². The van der Waals surface area contributed by atoms with E-state index < -0.39 is 0 Å². The van der Waals surface area contributed by atoms with Crippen molar-refractivity contribution in [2.75, 3.05) is 39.3 Å². The molecule has 4 rings (SSSR count). The minimum Gasteiger partial charge on any atom is -0.456 e. The predicted molar refractivity (Wildman–Crippen MR) is 139 cm³/mol. The Balaban J connectivity index is 2.05. The van der Waals surface area contributed by atoms with E-state index in [9.17, 15) is 0 Å². The molecule has 172 valence electrons. The Morgan fingerprint density at radius 3 is 2.33 bits per heavy atom. The van der Waals surface area contributed by atoms with Gasteiger partial charge in [0, 0.05) is 88.3 Å². The molecule has 0 amide bonds. The van der Waals surface area contributed by atoms with Gasteiger partial charge in [-0.3, -0.25) is 4.99 Å². The van der Waals surface area contributed by atoms with E-state index in [0.717, 1.165) is 67.3 Å². The lowest BCUT2D eigenvalue weighted by Crippen LogP contribution is -2.21. The Bertz CT molecular complexity index is 1300. The Kier molecular flexibility index (Phi) is 7.65. The van der Waals surface area contributed by atoms with Crippen LogP contribution in [0.15, 0.2) is 73.8 Å². The van der Waals surface area contributed by atoms with Crippen molar-refractivity contribution in [1.29, 1.82) is 0 Å². The molecule has 0 saturated heterocycles. The quantitative estimate of drug-likeness (QED) is 0.202. The summed E-state index contributed by atoms with van der Waals surface area (Å²) in [5.74, 6) is 0.806. The Morgan fingerprint density at radius 1 is 0.879 bits per heavy atom. The largest absolute Gasteiger partial charge is 0.456 e. The number of fused-ring (bicyclic) bond motifs is 2. The van der Waals surface area contributed by atoms with Gasteiger partial charge in [0.1, 0.15) is 11.3 Å². The van der Waals surface area contributed by atoms with Crippen LogP contribution in [-0.4, -0.2) is 34.4 Å². The molecular formula is C26H28N2O3S2. The van der Waals surface area contributed by atoms with Crippen molar-refractivity contribution >= 4 is 40.7 Å². The van der Waals surface area contributed by atoms with Gasteiger partial charge in [0.15, 0.2) is 0 Å². The molecule has 7 heteroatoms. The molecule has 2 aromatic carbocycles. The summed E-state index contributed by atoms with van der Waals surface area (Å²) in [6.45, 7) is 6.21. The zero-order valence-corrected chi connectivity index (χ0v) is 21.2. The van der Waals surface area contributed by atoms with Gasteiger partial charge in [-0.2, -0.15) is 0 Å². The van der Waals surface area contributed by atoms with E-state index in [1.807, 2.05) is 12.1 Å². The van der Waals surface area contributed by atoms with Crippen molar-refractivity contribution in [1.82, 2.24) is 0 Å². The summed E-state index contributed by atoms with van der Waals surface area (Å²) in [4.78, 5) is 8.70. The number of benzene rings is 3. The van der Waals surface area contributed by atoms with E-state index in [0.29, 0.717) is 0 Å². The fourth-order valence-corrected chi connectivity index (χ4v) is 5.27. The molecule has 5 nitrogen and oxygen atoms in total. The molecule has 0 radical (unpaired) electrons. The summed E-state index contributed by atoms with van der Waals surface area (Å²) in [5.41, 5.74) is 5.24. The molecule has 0 N–H and O–H groups in total. The molecule has 0 aromatic heterocycles. The van der Waals surface area contributed by atoms with Gasteiger partial charge in [-0.25, -0.2) is 0 Å². The second-order valence-corrected chi connectivity index (χ2v) is 9.30. The minimum absolute atomic E-state index is 0.806. The van der Waals surface area contributed by atoms with Crippen molar-refractivity contribution < 1.29 is 12.8 Å². The lowest BCUT2D eigenvalue weighted by molar-refractivity contribution is 0.488. The standard InChI is InChI=1S/C26H28N2O3S2/c1-6-28(7-2)18-9-12-21-24(15-18)31-23-14-17(27-3)8-11-20(23)26(21)22-13-10-19(32-29-4)16-25(22)33-30-5/h8-16H,6-7H2,1-5H3/b27-17-.